The SMILES string of the molecule is Cc1ccc(C2C(N)CCCCN2C(C)C)s1. The molecule has 0 saturated carbocycles. The number of hydrogen-bond acceptors (Lipinski definition) is 3. The number of nitrogens with zero attached hydrogens (tertiary/aromatic N) is 1. The van der Waals surface area contributed by atoms with Gasteiger partial charge in [-0.05, 0) is 52.3 Å². The van der Waals surface area contributed by atoms with Crippen molar-refractivity contribution in [2.75, 3.05) is 6.54 Å². The maximum atomic E-state index is 6.41. The van der Waals surface area contributed by atoms with Gasteiger partial charge in [0.05, 0.1) is 6.04 Å². The van der Waals surface area contributed by atoms with Gasteiger partial charge in [-0.2, -0.15) is 0 Å². The van der Waals surface area contributed by atoms with Crippen LogP contribution < -0.4 is 5.73 Å². The van der Waals surface area contributed by atoms with Gasteiger partial charge in [-0.15, -0.1) is 11.3 Å². The van der Waals surface area contributed by atoms with Crippen molar-refractivity contribution in [3.05, 3.63) is 21.9 Å². The second-order valence-corrected chi connectivity index (χ2v) is 6.70. The summed E-state index contributed by atoms with van der Waals surface area (Å²) in [5.41, 5.74) is 6.41. The van der Waals surface area contributed by atoms with Crippen molar-refractivity contribution in [3.8, 4) is 0 Å². The van der Waals surface area contributed by atoms with E-state index in [4.69, 9.17) is 5.73 Å². The van der Waals surface area contributed by atoms with E-state index >= 15 is 0 Å². The molecule has 0 bridgehead atoms. The molecule has 1 aliphatic heterocycles. The Morgan fingerprint density at radius 2 is 2.12 bits per heavy atom. The van der Waals surface area contributed by atoms with Crippen molar-refractivity contribution < 1.29 is 0 Å². The number of nitrogens with two attached hydrogens (primary N) is 1. The van der Waals surface area contributed by atoms with Crippen LogP contribution in [0.3, 0.4) is 0 Å². The first kappa shape index (κ1) is 13.1. The lowest BCUT2D eigenvalue weighted by Crippen LogP contribution is -2.42. The van der Waals surface area contributed by atoms with Crippen LogP contribution in [0.4, 0.5) is 0 Å². The van der Waals surface area contributed by atoms with Gasteiger partial charge in [0.1, 0.15) is 0 Å². The highest BCUT2D eigenvalue weighted by Gasteiger charge is 2.31. The topological polar surface area (TPSA) is 29.3 Å². The van der Waals surface area contributed by atoms with E-state index < -0.39 is 0 Å². The highest BCUT2D eigenvalue weighted by molar-refractivity contribution is 7.12. The first-order chi connectivity index (χ1) is 8.09. The lowest BCUT2D eigenvalue weighted by Gasteiger charge is -2.35. The molecule has 0 spiro atoms. The van der Waals surface area contributed by atoms with Crippen LogP contribution in [-0.2, 0) is 0 Å². The zero-order valence-corrected chi connectivity index (χ0v) is 12.0. The third-order valence-corrected chi connectivity index (χ3v) is 4.75. The van der Waals surface area contributed by atoms with Crippen LogP contribution >= 0.6 is 11.3 Å². The molecular weight excluding hydrogens is 228 g/mol. The van der Waals surface area contributed by atoms with Gasteiger partial charge < -0.3 is 5.73 Å². The Bertz CT molecular complexity index is 359. The van der Waals surface area contributed by atoms with Crippen LogP contribution in [0.25, 0.3) is 0 Å². The number of aryl methyl sites for hydroxylation is 1. The van der Waals surface area contributed by atoms with Gasteiger partial charge in [0, 0.05) is 21.8 Å². The highest BCUT2D eigenvalue weighted by Crippen LogP contribution is 2.34. The molecule has 2 rings (SSSR count). The number of thiophene rings is 1. The fourth-order valence-electron chi connectivity index (χ4n) is 2.78. The Morgan fingerprint density at radius 1 is 1.35 bits per heavy atom. The summed E-state index contributed by atoms with van der Waals surface area (Å²) in [6.07, 6.45) is 3.71. The predicted molar refractivity (Wildman–Crippen MR) is 75.5 cm³/mol. The largest absolute Gasteiger partial charge is 0.326 e. The van der Waals surface area contributed by atoms with Crippen LogP contribution in [0, 0.1) is 6.92 Å². The molecule has 2 atom stereocenters. The summed E-state index contributed by atoms with van der Waals surface area (Å²) in [4.78, 5) is 5.42. The minimum atomic E-state index is 0.290. The lowest BCUT2D eigenvalue weighted by atomic mass is 10.0. The lowest BCUT2D eigenvalue weighted by molar-refractivity contribution is 0.146. The first-order valence-corrected chi connectivity index (χ1v) is 7.49. The Morgan fingerprint density at radius 3 is 2.71 bits per heavy atom. The van der Waals surface area contributed by atoms with Gasteiger partial charge in [0.2, 0.25) is 0 Å². The third kappa shape index (κ3) is 2.90. The highest BCUT2D eigenvalue weighted by atomic mass is 32.1. The van der Waals surface area contributed by atoms with E-state index in [2.05, 4.69) is 37.8 Å². The molecule has 0 radical (unpaired) electrons. The number of rotatable bonds is 2. The Hall–Kier alpha value is -0.380. The Kier molecular flexibility index (Phi) is 4.23. The van der Waals surface area contributed by atoms with Gasteiger partial charge in [-0.3, -0.25) is 4.90 Å². The Balaban J connectivity index is 2.29. The minimum Gasteiger partial charge on any atom is -0.326 e. The number of hydrogen-bond donors (Lipinski definition) is 1. The molecule has 2 N–H and O–H groups in total. The van der Waals surface area contributed by atoms with E-state index in [0.717, 1.165) is 6.42 Å². The normalized spacial score (nSPS) is 27.4. The van der Waals surface area contributed by atoms with Gasteiger partial charge in [0.15, 0.2) is 0 Å². The second-order valence-electron chi connectivity index (χ2n) is 5.38. The molecule has 17 heavy (non-hydrogen) atoms. The summed E-state index contributed by atoms with van der Waals surface area (Å²) < 4.78 is 0. The summed E-state index contributed by atoms with van der Waals surface area (Å²) in [6, 6.07) is 5.78. The Labute approximate surface area is 109 Å². The van der Waals surface area contributed by atoms with E-state index in [1.807, 2.05) is 11.3 Å². The molecule has 2 nitrogen and oxygen atoms in total. The van der Waals surface area contributed by atoms with E-state index in [1.165, 1.54) is 29.1 Å². The predicted octanol–water partition coefficient (Wildman–Crippen LogP) is 3.32. The van der Waals surface area contributed by atoms with E-state index in [9.17, 15) is 0 Å². The molecule has 1 saturated heterocycles. The van der Waals surface area contributed by atoms with E-state index in [1.54, 1.807) is 0 Å². The summed E-state index contributed by atoms with van der Waals surface area (Å²) in [5, 5.41) is 0. The van der Waals surface area contributed by atoms with Gasteiger partial charge >= 0.3 is 0 Å². The second kappa shape index (κ2) is 5.51. The van der Waals surface area contributed by atoms with Gasteiger partial charge in [-0.1, -0.05) is 6.42 Å². The maximum absolute atomic E-state index is 6.41. The maximum Gasteiger partial charge on any atom is 0.0595 e. The molecule has 3 heteroatoms. The quantitative estimate of drug-likeness (QED) is 0.875. The summed E-state index contributed by atoms with van der Waals surface area (Å²) in [6.45, 7) is 7.93. The summed E-state index contributed by atoms with van der Waals surface area (Å²) in [5.74, 6) is 0. The van der Waals surface area contributed by atoms with Gasteiger partial charge in [0.25, 0.3) is 0 Å². The van der Waals surface area contributed by atoms with Crippen LogP contribution in [-0.4, -0.2) is 23.5 Å². The van der Waals surface area contributed by atoms with Crippen molar-refractivity contribution >= 4 is 11.3 Å². The van der Waals surface area contributed by atoms with Crippen LogP contribution in [0.1, 0.15) is 48.9 Å². The molecular formula is C14H24N2S. The third-order valence-electron chi connectivity index (χ3n) is 3.68. The fourth-order valence-corrected chi connectivity index (χ4v) is 3.86. The average Bonchev–Trinajstić information content (AvgIpc) is 2.58. The molecule has 1 aliphatic rings. The first-order valence-electron chi connectivity index (χ1n) is 6.67. The average molecular weight is 252 g/mol. The molecule has 1 aromatic rings. The molecule has 1 aromatic heterocycles. The van der Waals surface area contributed by atoms with Gasteiger partial charge in [-0.25, -0.2) is 0 Å². The van der Waals surface area contributed by atoms with Crippen molar-refractivity contribution in [2.45, 2.75) is 58.2 Å². The van der Waals surface area contributed by atoms with Crippen molar-refractivity contribution in [1.29, 1.82) is 0 Å². The molecule has 2 unspecified atom stereocenters. The van der Waals surface area contributed by atoms with Crippen LogP contribution in [0.15, 0.2) is 12.1 Å². The van der Waals surface area contributed by atoms with E-state index in [-0.39, 0.29) is 6.04 Å². The van der Waals surface area contributed by atoms with Crippen molar-refractivity contribution in [3.63, 3.8) is 0 Å². The van der Waals surface area contributed by atoms with E-state index in [0.29, 0.717) is 12.1 Å². The smallest absolute Gasteiger partial charge is 0.0595 e. The van der Waals surface area contributed by atoms with Crippen molar-refractivity contribution in [2.24, 2.45) is 5.73 Å². The summed E-state index contributed by atoms with van der Waals surface area (Å²) >= 11 is 1.91. The van der Waals surface area contributed by atoms with Crippen molar-refractivity contribution in [1.82, 2.24) is 4.90 Å². The fraction of sp³-hybridized carbons (Fsp3) is 0.714. The summed E-state index contributed by atoms with van der Waals surface area (Å²) in [7, 11) is 0. The molecule has 2 heterocycles. The molecule has 0 aromatic carbocycles. The van der Waals surface area contributed by atoms with Crippen LogP contribution in [0.5, 0.6) is 0 Å². The number of likely N-dealkylation sites (tertiary alicyclic amines) is 1. The minimum absolute atomic E-state index is 0.290. The zero-order chi connectivity index (χ0) is 12.4. The molecule has 96 valence electrons. The molecule has 1 fully saturated rings. The zero-order valence-electron chi connectivity index (χ0n) is 11.1. The van der Waals surface area contributed by atoms with Crippen LogP contribution in [0.2, 0.25) is 0 Å². The molecule has 0 aliphatic carbocycles. The molecule has 0 amide bonds. The monoisotopic (exact) mass is 252 g/mol. The standard InChI is InChI=1S/C14H24N2S/c1-10(2)16-9-5-4-6-12(15)14(16)13-8-7-11(3)17-13/h7-8,10,12,14H,4-6,9,15H2,1-3H3.